The van der Waals surface area contributed by atoms with Crippen molar-refractivity contribution in [1.29, 1.82) is 0 Å². The van der Waals surface area contributed by atoms with E-state index in [2.05, 4.69) is 15.6 Å². The van der Waals surface area contributed by atoms with Crippen LogP contribution in [-0.2, 0) is 11.2 Å². The smallest absolute Gasteiger partial charge is 0.254 e. The highest BCUT2D eigenvalue weighted by Gasteiger charge is 2.13. The molecule has 2 amide bonds. The summed E-state index contributed by atoms with van der Waals surface area (Å²) in [5.41, 5.74) is 1.77. The average Bonchev–Trinajstić information content (AvgIpc) is 3.11. The van der Waals surface area contributed by atoms with E-state index >= 15 is 0 Å². The van der Waals surface area contributed by atoms with Crippen molar-refractivity contribution in [3.05, 3.63) is 80.8 Å². The number of carbonyl (C=O) groups excluding carboxylic acids is 2. The Balaban J connectivity index is 1.47. The molecule has 0 atom stereocenters. The number of carbonyl (C=O) groups is 2. The largest absolute Gasteiger partial charge is 0.351 e. The zero-order chi connectivity index (χ0) is 21.7. The fourth-order valence-electron chi connectivity index (χ4n) is 2.63. The summed E-state index contributed by atoms with van der Waals surface area (Å²) >= 11 is 7.49. The van der Waals surface area contributed by atoms with E-state index in [4.69, 9.17) is 11.6 Å². The fraction of sp³-hybridized carbons (Fsp3) is 0.190. The lowest BCUT2D eigenvalue weighted by Gasteiger charge is -2.06. The van der Waals surface area contributed by atoms with Crippen LogP contribution in [0, 0.1) is 18.6 Å². The van der Waals surface area contributed by atoms with Crippen molar-refractivity contribution in [3.63, 3.8) is 0 Å². The molecule has 0 fully saturated rings. The lowest BCUT2D eigenvalue weighted by Crippen LogP contribution is -2.28. The topological polar surface area (TPSA) is 71.1 Å². The van der Waals surface area contributed by atoms with Gasteiger partial charge in [-0.15, -0.1) is 11.3 Å². The number of aryl methyl sites for hydroxylation is 1. The maximum atomic E-state index is 13.6. The number of thiazole rings is 1. The molecule has 0 saturated carbocycles. The van der Waals surface area contributed by atoms with E-state index in [0.717, 1.165) is 28.1 Å². The van der Waals surface area contributed by atoms with E-state index in [1.54, 1.807) is 6.20 Å². The molecule has 2 N–H and O–H groups in total. The molecule has 0 spiro atoms. The number of hydrogen-bond acceptors (Lipinski definition) is 4. The Morgan fingerprint density at radius 1 is 1.17 bits per heavy atom. The van der Waals surface area contributed by atoms with Crippen LogP contribution < -0.4 is 10.6 Å². The highest BCUT2D eigenvalue weighted by atomic mass is 35.5. The van der Waals surface area contributed by atoms with Crippen LogP contribution in [0.15, 0.2) is 42.6 Å². The van der Waals surface area contributed by atoms with E-state index < -0.39 is 17.5 Å². The van der Waals surface area contributed by atoms with Crippen molar-refractivity contribution < 1.29 is 18.4 Å². The molecule has 0 bridgehead atoms. The van der Waals surface area contributed by atoms with Crippen LogP contribution in [0.5, 0.6) is 0 Å². The summed E-state index contributed by atoms with van der Waals surface area (Å²) < 4.78 is 26.5. The van der Waals surface area contributed by atoms with Crippen LogP contribution in [-0.4, -0.2) is 23.3 Å². The van der Waals surface area contributed by atoms with Gasteiger partial charge in [-0.2, -0.15) is 0 Å². The molecule has 0 saturated heterocycles. The normalized spacial score (nSPS) is 10.7. The fourth-order valence-corrected chi connectivity index (χ4v) is 3.70. The summed E-state index contributed by atoms with van der Waals surface area (Å²) in [4.78, 5) is 29.1. The van der Waals surface area contributed by atoms with Crippen LogP contribution in [0.4, 0.5) is 13.9 Å². The molecule has 2 aromatic carbocycles. The summed E-state index contributed by atoms with van der Waals surface area (Å²) in [5.74, 6) is -2.78. The summed E-state index contributed by atoms with van der Waals surface area (Å²) in [7, 11) is 0. The van der Waals surface area contributed by atoms with Crippen molar-refractivity contribution in [1.82, 2.24) is 10.3 Å². The predicted octanol–water partition coefficient (Wildman–Crippen LogP) is 4.73. The van der Waals surface area contributed by atoms with Gasteiger partial charge in [0.2, 0.25) is 5.91 Å². The molecular weight excluding hydrogens is 432 g/mol. The van der Waals surface area contributed by atoms with E-state index in [9.17, 15) is 18.4 Å². The first-order valence-electron chi connectivity index (χ1n) is 9.04. The number of nitrogens with one attached hydrogen (secondary N) is 2. The average molecular weight is 450 g/mol. The number of nitrogens with zero attached hydrogens (tertiary/aromatic N) is 1. The molecule has 5 nitrogen and oxygen atoms in total. The summed E-state index contributed by atoms with van der Waals surface area (Å²) in [6.07, 6.45) is 2.32. The van der Waals surface area contributed by atoms with Gasteiger partial charge >= 0.3 is 0 Å². The molecule has 0 unspecified atom stereocenters. The Labute approximate surface area is 181 Å². The minimum Gasteiger partial charge on any atom is -0.351 e. The number of rotatable bonds is 7. The van der Waals surface area contributed by atoms with Gasteiger partial charge in [0.1, 0.15) is 11.6 Å². The standard InChI is InChI=1S/C21H18ClF2N3O2S/c1-12-2-3-13(9-17(12)22)8-15-11-26-21(30-15)27-19(28)6-7-25-20(29)16-5-4-14(23)10-18(16)24/h2-5,9-11H,6-8H2,1H3,(H,25,29)(H,26,27,28). The van der Waals surface area contributed by atoms with Crippen LogP contribution in [0.2, 0.25) is 5.02 Å². The monoisotopic (exact) mass is 449 g/mol. The molecule has 3 rings (SSSR count). The minimum atomic E-state index is -0.956. The van der Waals surface area contributed by atoms with Crippen LogP contribution in [0.1, 0.15) is 32.8 Å². The highest BCUT2D eigenvalue weighted by molar-refractivity contribution is 7.15. The Kier molecular flexibility index (Phi) is 7.12. The first kappa shape index (κ1) is 21.9. The van der Waals surface area contributed by atoms with Crippen molar-refractivity contribution >= 4 is 39.9 Å². The van der Waals surface area contributed by atoms with E-state index in [1.165, 1.54) is 11.3 Å². The minimum absolute atomic E-state index is 0.00157. The molecule has 0 aliphatic carbocycles. The van der Waals surface area contributed by atoms with Crippen molar-refractivity contribution in [2.45, 2.75) is 19.8 Å². The van der Waals surface area contributed by atoms with Crippen molar-refractivity contribution in [2.75, 3.05) is 11.9 Å². The lowest BCUT2D eigenvalue weighted by molar-refractivity contribution is -0.116. The first-order valence-corrected chi connectivity index (χ1v) is 10.2. The quantitative estimate of drug-likeness (QED) is 0.547. The molecule has 1 heterocycles. The maximum Gasteiger partial charge on any atom is 0.254 e. The van der Waals surface area contributed by atoms with Crippen LogP contribution in [0.3, 0.4) is 0 Å². The molecule has 30 heavy (non-hydrogen) atoms. The number of halogens is 3. The maximum absolute atomic E-state index is 13.6. The summed E-state index contributed by atoms with van der Waals surface area (Å²) in [5, 5.41) is 6.25. The molecule has 1 aromatic heterocycles. The second kappa shape index (κ2) is 9.77. The molecular formula is C21H18ClF2N3O2S. The number of aromatic nitrogens is 1. The van der Waals surface area contributed by atoms with Gasteiger partial charge in [0.15, 0.2) is 5.13 Å². The van der Waals surface area contributed by atoms with Crippen molar-refractivity contribution in [2.24, 2.45) is 0 Å². The van der Waals surface area contributed by atoms with Crippen molar-refractivity contribution in [3.8, 4) is 0 Å². The second-order valence-electron chi connectivity index (χ2n) is 6.57. The van der Waals surface area contributed by atoms with Gasteiger partial charge in [0.25, 0.3) is 5.91 Å². The third kappa shape index (κ3) is 5.84. The second-order valence-corrected chi connectivity index (χ2v) is 8.09. The highest BCUT2D eigenvalue weighted by Crippen LogP contribution is 2.24. The Morgan fingerprint density at radius 3 is 2.70 bits per heavy atom. The van der Waals surface area contributed by atoms with Gasteiger partial charge in [-0.05, 0) is 36.2 Å². The molecule has 0 radical (unpaired) electrons. The van der Waals surface area contributed by atoms with Gasteiger partial charge in [0, 0.05) is 41.5 Å². The van der Waals surface area contributed by atoms with Gasteiger partial charge in [-0.3, -0.25) is 9.59 Å². The van der Waals surface area contributed by atoms with Gasteiger partial charge in [0.05, 0.1) is 5.56 Å². The first-order chi connectivity index (χ1) is 14.3. The molecule has 9 heteroatoms. The van der Waals surface area contributed by atoms with Gasteiger partial charge < -0.3 is 10.6 Å². The molecule has 0 aliphatic heterocycles. The zero-order valence-corrected chi connectivity index (χ0v) is 17.5. The number of benzene rings is 2. The molecule has 3 aromatic rings. The summed E-state index contributed by atoms with van der Waals surface area (Å²) in [6.45, 7) is 1.94. The van der Waals surface area contributed by atoms with Crippen LogP contribution in [0.25, 0.3) is 0 Å². The molecule has 0 aliphatic rings. The number of anilines is 1. The number of amides is 2. The van der Waals surface area contributed by atoms with Gasteiger partial charge in [-0.25, -0.2) is 13.8 Å². The van der Waals surface area contributed by atoms with E-state index in [1.807, 2.05) is 25.1 Å². The zero-order valence-electron chi connectivity index (χ0n) is 16.0. The SMILES string of the molecule is Cc1ccc(Cc2cnc(NC(=O)CCNC(=O)c3ccc(F)cc3F)s2)cc1Cl. The van der Waals surface area contributed by atoms with Gasteiger partial charge in [-0.1, -0.05) is 23.7 Å². The predicted molar refractivity (Wildman–Crippen MR) is 113 cm³/mol. The lowest BCUT2D eigenvalue weighted by atomic mass is 10.1. The third-order valence-electron chi connectivity index (χ3n) is 4.23. The Bertz CT molecular complexity index is 1090. The number of hydrogen-bond donors (Lipinski definition) is 2. The van der Waals surface area contributed by atoms with Crippen LogP contribution >= 0.6 is 22.9 Å². The molecule has 156 valence electrons. The third-order valence-corrected chi connectivity index (χ3v) is 5.55. The Morgan fingerprint density at radius 2 is 1.97 bits per heavy atom. The summed E-state index contributed by atoms with van der Waals surface area (Å²) in [6, 6.07) is 8.53. The van der Waals surface area contributed by atoms with E-state index in [0.29, 0.717) is 22.6 Å². The van der Waals surface area contributed by atoms with E-state index in [-0.39, 0.29) is 24.4 Å². The Hall–Kier alpha value is -2.84.